The highest BCUT2D eigenvalue weighted by atomic mass is 15.3. The zero-order valence-electron chi connectivity index (χ0n) is 12.5. The normalized spacial score (nSPS) is 14.8. The zero-order chi connectivity index (χ0) is 13.8. The highest BCUT2D eigenvalue weighted by Crippen LogP contribution is 2.23. The average Bonchev–Trinajstić information content (AvgIpc) is 2.56. The molecule has 1 unspecified atom stereocenters. The monoisotopic (exact) mass is 249 g/mol. The molecule has 0 amide bonds. The van der Waals surface area contributed by atoms with Gasteiger partial charge in [0.2, 0.25) is 0 Å². The molecule has 0 aliphatic carbocycles. The predicted molar refractivity (Wildman–Crippen MR) is 77.7 cm³/mol. The summed E-state index contributed by atoms with van der Waals surface area (Å²) in [5, 5.41) is 7.92. The van der Waals surface area contributed by atoms with Crippen LogP contribution in [0, 0.1) is 18.3 Å². The van der Waals surface area contributed by atoms with Crippen molar-refractivity contribution in [2.75, 3.05) is 13.1 Å². The van der Waals surface area contributed by atoms with E-state index in [1.165, 1.54) is 5.69 Å². The molecule has 1 rings (SSSR count). The van der Waals surface area contributed by atoms with Gasteiger partial charge in [0.25, 0.3) is 0 Å². The van der Waals surface area contributed by atoms with Crippen molar-refractivity contribution in [1.82, 2.24) is 15.1 Å². The first kappa shape index (κ1) is 15.0. The van der Waals surface area contributed by atoms with Crippen LogP contribution < -0.4 is 5.32 Å². The van der Waals surface area contributed by atoms with E-state index in [1.54, 1.807) is 0 Å². The molecular weight excluding hydrogens is 222 g/mol. The van der Waals surface area contributed by atoms with E-state index in [1.807, 2.05) is 18.7 Å². The molecule has 0 bridgehead atoms. The van der Waals surface area contributed by atoms with Gasteiger partial charge in [0, 0.05) is 24.7 Å². The van der Waals surface area contributed by atoms with Crippen LogP contribution in [0.3, 0.4) is 0 Å². The van der Waals surface area contributed by atoms with Gasteiger partial charge in [-0.05, 0) is 31.9 Å². The minimum atomic E-state index is 0.0785. The molecule has 3 nitrogen and oxygen atoms in total. The Balaban J connectivity index is 2.64. The van der Waals surface area contributed by atoms with Gasteiger partial charge < -0.3 is 5.32 Å². The van der Waals surface area contributed by atoms with E-state index >= 15 is 0 Å². The van der Waals surface area contributed by atoms with Crippen molar-refractivity contribution in [3.8, 4) is 0 Å². The van der Waals surface area contributed by atoms with E-state index < -0.39 is 0 Å². The third-order valence-corrected chi connectivity index (χ3v) is 3.26. The summed E-state index contributed by atoms with van der Waals surface area (Å²) >= 11 is 0. The molecule has 0 saturated heterocycles. The second-order valence-electron chi connectivity index (χ2n) is 5.96. The van der Waals surface area contributed by atoms with Crippen LogP contribution in [0.2, 0.25) is 0 Å². The van der Waals surface area contributed by atoms with Crippen molar-refractivity contribution in [3.63, 3.8) is 0 Å². The molecule has 1 atom stereocenters. The molecule has 102 valence electrons. The molecule has 1 aromatic rings. The molecule has 0 aliphatic rings. The molecule has 1 N–H and O–H groups in total. The maximum Gasteiger partial charge on any atom is 0.0596 e. The highest BCUT2D eigenvalue weighted by Gasteiger charge is 2.22. The first-order valence-electron chi connectivity index (χ1n) is 6.70. The Labute approximate surface area is 111 Å². The fraction of sp³-hybridized carbons (Fsp3) is 0.667. The van der Waals surface area contributed by atoms with Crippen LogP contribution in [0.25, 0.3) is 0 Å². The van der Waals surface area contributed by atoms with Crippen LogP contribution in [0.4, 0.5) is 0 Å². The smallest absolute Gasteiger partial charge is 0.0596 e. The third-order valence-electron chi connectivity index (χ3n) is 3.26. The van der Waals surface area contributed by atoms with Crippen LogP contribution in [-0.2, 0) is 13.5 Å². The molecule has 0 radical (unpaired) electrons. The van der Waals surface area contributed by atoms with Gasteiger partial charge in [0.05, 0.1) is 5.69 Å². The van der Waals surface area contributed by atoms with Crippen molar-refractivity contribution < 1.29 is 0 Å². The summed E-state index contributed by atoms with van der Waals surface area (Å²) in [6, 6.07) is 2.16. The van der Waals surface area contributed by atoms with Crippen LogP contribution in [0.1, 0.15) is 32.2 Å². The second kappa shape index (κ2) is 6.19. The number of rotatable bonds is 7. The van der Waals surface area contributed by atoms with Crippen molar-refractivity contribution in [2.24, 2.45) is 18.4 Å². The number of nitrogens with one attached hydrogen (secondary N) is 1. The summed E-state index contributed by atoms with van der Waals surface area (Å²) in [4.78, 5) is 0. The number of aryl methyl sites for hydroxylation is 2. The van der Waals surface area contributed by atoms with Gasteiger partial charge in [0.15, 0.2) is 0 Å². The van der Waals surface area contributed by atoms with E-state index in [-0.39, 0.29) is 5.41 Å². The molecule has 1 heterocycles. The average molecular weight is 249 g/mol. The second-order valence-corrected chi connectivity index (χ2v) is 5.96. The SMILES string of the molecule is C=CC(C)(CNCC(C)C)Cc1cc(C)nn1C. The van der Waals surface area contributed by atoms with Crippen molar-refractivity contribution in [2.45, 2.75) is 34.1 Å². The Bertz CT molecular complexity index is 392. The Morgan fingerprint density at radius 1 is 1.56 bits per heavy atom. The zero-order valence-corrected chi connectivity index (χ0v) is 12.5. The summed E-state index contributed by atoms with van der Waals surface area (Å²) < 4.78 is 1.97. The van der Waals surface area contributed by atoms with Gasteiger partial charge >= 0.3 is 0 Å². The molecule has 18 heavy (non-hydrogen) atoms. The molecular formula is C15H27N3. The Kier molecular flexibility index (Phi) is 5.15. The van der Waals surface area contributed by atoms with Gasteiger partial charge in [-0.3, -0.25) is 4.68 Å². The van der Waals surface area contributed by atoms with Gasteiger partial charge in [-0.1, -0.05) is 26.8 Å². The van der Waals surface area contributed by atoms with Crippen LogP contribution in [0.15, 0.2) is 18.7 Å². The van der Waals surface area contributed by atoms with Crippen molar-refractivity contribution in [3.05, 3.63) is 30.1 Å². The highest BCUT2D eigenvalue weighted by molar-refractivity contribution is 5.13. The minimum Gasteiger partial charge on any atom is -0.316 e. The standard InChI is InChI=1S/C15H27N3/c1-7-15(5,11-16-10-12(2)3)9-14-8-13(4)17-18(14)6/h7-8,12,16H,1,9-11H2,2-6H3. The van der Waals surface area contributed by atoms with Crippen molar-refractivity contribution >= 4 is 0 Å². The summed E-state index contributed by atoms with van der Waals surface area (Å²) in [5.74, 6) is 0.679. The molecule has 0 saturated carbocycles. The van der Waals surface area contributed by atoms with E-state index in [0.717, 1.165) is 25.2 Å². The predicted octanol–water partition coefficient (Wildman–Crippen LogP) is 2.71. The molecule has 0 fully saturated rings. The number of hydrogen-bond donors (Lipinski definition) is 1. The van der Waals surface area contributed by atoms with Gasteiger partial charge in [-0.25, -0.2) is 0 Å². The molecule has 0 aliphatic heterocycles. The lowest BCUT2D eigenvalue weighted by molar-refractivity contribution is 0.369. The number of aromatic nitrogens is 2. The molecule has 3 heteroatoms. The first-order valence-corrected chi connectivity index (χ1v) is 6.70. The largest absolute Gasteiger partial charge is 0.316 e. The molecule has 0 spiro atoms. The summed E-state index contributed by atoms with van der Waals surface area (Å²) in [7, 11) is 2.01. The Hall–Kier alpha value is -1.09. The van der Waals surface area contributed by atoms with E-state index in [0.29, 0.717) is 5.92 Å². The minimum absolute atomic E-state index is 0.0785. The summed E-state index contributed by atoms with van der Waals surface area (Å²) in [6.07, 6.45) is 3.03. The van der Waals surface area contributed by atoms with Crippen LogP contribution >= 0.6 is 0 Å². The Morgan fingerprint density at radius 3 is 2.67 bits per heavy atom. The van der Waals surface area contributed by atoms with E-state index in [9.17, 15) is 0 Å². The van der Waals surface area contributed by atoms with E-state index in [4.69, 9.17) is 0 Å². The molecule has 0 aromatic carbocycles. The van der Waals surface area contributed by atoms with Crippen molar-refractivity contribution in [1.29, 1.82) is 0 Å². The van der Waals surface area contributed by atoms with Crippen LogP contribution in [0.5, 0.6) is 0 Å². The quantitative estimate of drug-likeness (QED) is 0.753. The summed E-state index contributed by atoms with van der Waals surface area (Å²) in [6.45, 7) is 14.7. The lowest BCUT2D eigenvalue weighted by Gasteiger charge is -2.26. The number of hydrogen-bond acceptors (Lipinski definition) is 2. The topological polar surface area (TPSA) is 29.9 Å². The van der Waals surface area contributed by atoms with Gasteiger partial charge in [0.1, 0.15) is 0 Å². The third kappa shape index (κ3) is 4.30. The van der Waals surface area contributed by atoms with Gasteiger partial charge in [-0.15, -0.1) is 6.58 Å². The number of nitrogens with zero attached hydrogens (tertiary/aromatic N) is 2. The van der Waals surface area contributed by atoms with E-state index in [2.05, 4.69) is 49.9 Å². The fourth-order valence-electron chi connectivity index (χ4n) is 2.10. The maximum absolute atomic E-state index is 4.40. The maximum atomic E-state index is 4.40. The lowest BCUT2D eigenvalue weighted by atomic mass is 9.85. The fourth-order valence-corrected chi connectivity index (χ4v) is 2.10. The molecule has 1 aromatic heterocycles. The first-order chi connectivity index (χ1) is 8.36. The van der Waals surface area contributed by atoms with Gasteiger partial charge in [-0.2, -0.15) is 5.10 Å². The summed E-state index contributed by atoms with van der Waals surface area (Å²) in [5.41, 5.74) is 2.42. The van der Waals surface area contributed by atoms with Crippen LogP contribution in [-0.4, -0.2) is 22.9 Å². The Morgan fingerprint density at radius 2 is 2.22 bits per heavy atom. The lowest BCUT2D eigenvalue weighted by Crippen LogP contribution is -2.34.